The van der Waals surface area contributed by atoms with E-state index in [1.165, 1.54) is 0 Å². The van der Waals surface area contributed by atoms with Crippen LogP contribution in [0.4, 0.5) is 0 Å². The third kappa shape index (κ3) is 3.69. The number of methoxy groups -OCH3 is 1. The Hall–Kier alpha value is -2.34. The van der Waals surface area contributed by atoms with Gasteiger partial charge in [0.15, 0.2) is 5.69 Å². The molecule has 2 heterocycles. The maximum Gasteiger partial charge on any atom is 0.276 e. The van der Waals surface area contributed by atoms with Crippen LogP contribution in [-0.4, -0.2) is 47.2 Å². The second-order valence-corrected chi connectivity index (χ2v) is 6.52. The van der Waals surface area contributed by atoms with Crippen LogP contribution in [0, 0.1) is 12.8 Å². The van der Waals surface area contributed by atoms with E-state index in [1.54, 1.807) is 18.9 Å². The molecular weight excluding hydrogens is 320 g/mol. The average Bonchev–Trinajstić information content (AvgIpc) is 3.03. The summed E-state index contributed by atoms with van der Waals surface area (Å²) in [6.07, 6.45) is 1.30. The van der Waals surface area contributed by atoms with Gasteiger partial charge < -0.3 is 19.2 Å². The number of carbonyl (C=O) groups excluding carboxylic acids is 1. The van der Waals surface area contributed by atoms with Crippen molar-refractivity contribution in [1.29, 1.82) is 0 Å². The molecule has 6 heteroatoms. The molecule has 3 rings (SSSR count). The van der Waals surface area contributed by atoms with Gasteiger partial charge in [0, 0.05) is 18.7 Å². The molecule has 1 aromatic heterocycles. The van der Waals surface area contributed by atoms with Gasteiger partial charge in [-0.15, -0.1) is 0 Å². The first-order chi connectivity index (χ1) is 12.0. The summed E-state index contributed by atoms with van der Waals surface area (Å²) in [6, 6.07) is 7.37. The van der Waals surface area contributed by atoms with Crippen LogP contribution < -0.4 is 4.74 Å². The number of benzene rings is 1. The summed E-state index contributed by atoms with van der Waals surface area (Å²) in [5, 5.41) is 9.69. The molecule has 0 bridgehead atoms. The molecule has 6 nitrogen and oxygen atoms in total. The SMILES string of the molecule is COc1ccc(-c2nc(C(=O)N3CCC(C(C)O)CC3)c(C)o2)cc1. The minimum absolute atomic E-state index is 0.106. The molecule has 0 saturated carbocycles. The zero-order chi connectivity index (χ0) is 18.0. The Balaban J connectivity index is 1.74. The number of rotatable bonds is 4. The minimum Gasteiger partial charge on any atom is -0.497 e. The van der Waals surface area contributed by atoms with Crippen molar-refractivity contribution in [3.8, 4) is 17.2 Å². The Labute approximate surface area is 147 Å². The van der Waals surface area contributed by atoms with Crippen molar-refractivity contribution in [2.45, 2.75) is 32.8 Å². The molecule has 2 aromatic rings. The van der Waals surface area contributed by atoms with E-state index in [2.05, 4.69) is 4.98 Å². The largest absolute Gasteiger partial charge is 0.497 e. The van der Waals surface area contributed by atoms with Gasteiger partial charge in [0.25, 0.3) is 5.91 Å². The number of piperidine rings is 1. The number of aryl methyl sites for hydroxylation is 1. The number of hydrogen-bond acceptors (Lipinski definition) is 5. The number of amides is 1. The molecule has 0 radical (unpaired) electrons. The van der Waals surface area contributed by atoms with Crippen LogP contribution in [0.5, 0.6) is 5.75 Å². The number of nitrogens with zero attached hydrogens (tertiary/aromatic N) is 2. The van der Waals surface area contributed by atoms with Crippen molar-refractivity contribution in [3.63, 3.8) is 0 Å². The second-order valence-electron chi connectivity index (χ2n) is 6.52. The molecule has 1 saturated heterocycles. The number of aromatic nitrogens is 1. The summed E-state index contributed by atoms with van der Waals surface area (Å²) in [4.78, 5) is 19.0. The Morgan fingerprint density at radius 1 is 1.32 bits per heavy atom. The van der Waals surface area contributed by atoms with Gasteiger partial charge in [-0.3, -0.25) is 4.79 Å². The molecule has 1 unspecified atom stereocenters. The van der Waals surface area contributed by atoms with Crippen molar-refractivity contribution >= 4 is 5.91 Å². The summed E-state index contributed by atoms with van der Waals surface area (Å²) in [5.41, 5.74) is 1.16. The lowest BCUT2D eigenvalue weighted by Crippen LogP contribution is -2.41. The van der Waals surface area contributed by atoms with Crippen molar-refractivity contribution < 1.29 is 19.1 Å². The molecule has 1 aliphatic heterocycles. The highest BCUT2D eigenvalue weighted by atomic mass is 16.5. The predicted octanol–water partition coefficient (Wildman–Crippen LogP) is 2.89. The van der Waals surface area contributed by atoms with Gasteiger partial charge >= 0.3 is 0 Å². The fraction of sp³-hybridized carbons (Fsp3) is 0.474. The summed E-state index contributed by atoms with van der Waals surface area (Å²) in [7, 11) is 1.61. The number of hydrogen-bond donors (Lipinski definition) is 1. The van der Waals surface area contributed by atoms with E-state index < -0.39 is 0 Å². The lowest BCUT2D eigenvalue weighted by atomic mass is 9.92. The van der Waals surface area contributed by atoms with Crippen LogP contribution >= 0.6 is 0 Å². The van der Waals surface area contributed by atoms with Crippen molar-refractivity contribution in [2.24, 2.45) is 5.92 Å². The smallest absolute Gasteiger partial charge is 0.276 e. The average molecular weight is 344 g/mol. The normalized spacial score (nSPS) is 16.7. The molecule has 1 amide bonds. The zero-order valence-corrected chi connectivity index (χ0v) is 14.9. The van der Waals surface area contributed by atoms with Gasteiger partial charge in [-0.2, -0.15) is 0 Å². The molecule has 0 spiro atoms. The number of aliphatic hydroxyl groups excluding tert-OH is 1. The van der Waals surface area contributed by atoms with E-state index in [1.807, 2.05) is 31.2 Å². The predicted molar refractivity (Wildman–Crippen MR) is 93.5 cm³/mol. The van der Waals surface area contributed by atoms with Crippen LogP contribution in [0.1, 0.15) is 36.0 Å². The Kier molecular flexibility index (Phi) is 5.08. The highest BCUT2D eigenvalue weighted by Gasteiger charge is 2.29. The van der Waals surface area contributed by atoms with E-state index in [0.29, 0.717) is 30.4 Å². The second kappa shape index (κ2) is 7.27. The van der Waals surface area contributed by atoms with Crippen molar-refractivity contribution in [3.05, 3.63) is 35.7 Å². The molecule has 1 N–H and O–H groups in total. The summed E-state index contributed by atoms with van der Waals surface area (Å²) in [5.74, 6) is 1.86. The Morgan fingerprint density at radius 2 is 1.96 bits per heavy atom. The fourth-order valence-electron chi connectivity index (χ4n) is 3.19. The van der Waals surface area contributed by atoms with Gasteiger partial charge in [-0.25, -0.2) is 4.98 Å². The molecule has 0 aliphatic carbocycles. The van der Waals surface area contributed by atoms with Gasteiger partial charge in [0.1, 0.15) is 11.5 Å². The first-order valence-electron chi connectivity index (χ1n) is 8.58. The van der Waals surface area contributed by atoms with Gasteiger partial charge in [0.2, 0.25) is 5.89 Å². The standard InChI is InChI=1S/C19H24N2O4/c1-12(22)14-8-10-21(11-9-14)19(23)17-13(2)25-18(20-17)15-4-6-16(24-3)7-5-15/h4-7,12,14,22H,8-11H2,1-3H3. The Morgan fingerprint density at radius 3 is 2.52 bits per heavy atom. The lowest BCUT2D eigenvalue weighted by Gasteiger charge is -2.32. The quantitative estimate of drug-likeness (QED) is 0.923. The fourth-order valence-corrected chi connectivity index (χ4v) is 3.19. The van der Waals surface area contributed by atoms with Crippen molar-refractivity contribution in [2.75, 3.05) is 20.2 Å². The summed E-state index contributed by atoms with van der Waals surface area (Å²) in [6.45, 7) is 4.85. The van der Waals surface area contributed by atoms with Crippen LogP contribution in [-0.2, 0) is 0 Å². The number of oxazole rings is 1. The van der Waals surface area contributed by atoms with Crippen LogP contribution in [0.25, 0.3) is 11.5 Å². The number of aliphatic hydroxyl groups is 1. The first kappa shape index (κ1) is 17.5. The van der Waals surface area contributed by atoms with Gasteiger partial charge in [-0.1, -0.05) is 0 Å². The number of carbonyl (C=O) groups is 1. The van der Waals surface area contributed by atoms with E-state index in [4.69, 9.17) is 9.15 Å². The summed E-state index contributed by atoms with van der Waals surface area (Å²) >= 11 is 0. The van der Waals surface area contributed by atoms with E-state index in [-0.39, 0.29) is 17.9 Å². The van der Waals surface area contributed by atoms with E-state index >= 15 is 0 Å². The van der Waals surface area contributed by atoms with Gasteiger partial charge in [-0.05, 0) is 56.9 Å². The van der Waals surface area contributed by atoms with Crippen molar-refractivity contribution in [1.82, 2.24) is 9.88 Å². The third-order valence-electron chi connectivity index (χ3n) is 4.85. The number of likely N-dealkylation sites (tertiary alicyclic amines) is 1. The monoisotopic (exact) mass is 344 g/mol. The maximum atomic E-state index is 12.8. The molecule has 1 aliphatic rings. The first-order valence-corrected chi connectivity index (χ1v) is 8.58. The molecule has 134 valence electrons. The molecule has 1 fully saturated rings. The highest BCUT2D eigenvalue weighted by Crippen LogP contribution is 2.26. The van der Waals surface area contributed by atoms with Crippen LogP contribution in [0.3, 0.4) is 0 Å². The van der Waals surface area contributed by atoms with E-state index in [0.717, 1.165) is 24.2 Å². The topological polar surface area (TPSA) is 75.8 Å². The van der Waals surface area contributed by atoms with Crippen LogP contribution in [0.2, 0.25) is 0 Å². The van der Waals surface area contributed by atoms with Gasteiger partial charge in [0.05, 0.1) is 13.2 Å². The highest BCUT2D eigenvalue weighted by molar-refractivity contribution is 5.93. The molecule has 25 heavy (non-hydrogen) atoms. The zero-order valence-electron chi connectivity index (χ0n) is 14.9. The Bertz CT molecular complexity index is 728. The molecule has 1 atom stereocenters. The number of ether oxygens (including phenoxy) is 1. The minimum atomic E-state index is -0.326. The lowest BCUT2D eigenvalue weighted by molar-refractivity contribution is 0.0516. The molecular formula is C19H24N2O4. The maximum absolute atomic E-state index is 12.8. The van der Waals surface area contributed by atoms with E-state index in [9.17, 15) is 9.90 Å². The van der Waals surface area contributed by atoms with Crippen LogP contribution in [0.15, 0.2) is 28.7 Å². The summed E-state index contributed by atoms with van der Waals surface area (Å²) < 4.78 is 10.9. The molecule has 1 aromatic carbocycles. The third-order valence-corrected chi connectivity index (χ3v) is 4.85.